The number of rotatable bonds is 8. The molecule has 46 heavy (non-hydrogen) atoms. The number of hydrogen-bond donors (Lipinski definition) is 1. The zero-order valence-electron chi connectivity index (χ0n) is 25.1. The molecule has 0 bridgehead atoms. The molecule has 4 aromatic carbocycles. The molecule has 0 aliphatic carbocycles. The highest BCUT2D eigenvalue weighted by molar-refractivity contribution is 6.35. The maximum atomic E-state index is 13.2. The lowest BCUT2D eigenvalue weighted by Crippen LogP contribution is -2.21. The molecule has 0 saturated carbocycles. The van der Waals surface area contributed by atoms with Gasteiger partial charge in [-0.2, -0.15) is 5.26 Å². The van der Waals surface area contributed by atoms with Crippen molar-refractivity contribution in [1.29, 1.82) is 5.26 Å². The maximum absolute atomic E-state index is 13.2. The van der Waals surface area contributed by atoms with E-state index in [-0.39, 0.29) is 29.6 Å². The average Bonchev–Trinajstić information content (AvgIpc) is 3.39. The van der Waals surface area contributed by atoms with Crippen molar-refractivity contribution in [3.05, 3.63) is 128 Å². The minimum absolute atomic E-state index is 0.0555. The molecule has 5 aromatic rings. The SMILES string of the molecule is CCc1ccc2oc(C(=O)Oc3ccc4c(c3)OC(N)=C(C#N)C4c3ccc(OCc4ccc(Cl)cc4Cl)c(OC)c3)c(C)c2c1. The smallest absolute Gasteiger partial charge is 0.379 e. The van der Waals surface area contributed by atoms with Crippen molar-refractivity contribution < 1.29 is 28.2 Å². The number of methoxy groups -OCH3 is 1. The van der Waals surface area contributed by atoms with Gasteiger partial charge in [-0.05, 0) is 66.9 Å². The van der Waals surface area contributed by atoms with Gasteiger partial charge in [-0.3, -0.25) is 0 Å². The van der Waals surface area contributed by atoms with E-state index in [1.165, 1.54) is 7.11 Å². The molecule has 0 fully saturated rings. The van der Waals surface area contributed by atoms with Gasteiger partial charge in [-0.15, -0.1) is 0 Å². The van der Waals surface area contributed by atoms with Gasteiger partial charge in [-0.25, -0.2) is 4.79 Å². The second kappa shape index (κ2) is 12.7. The number of hydrogen-bond acceptors (Lipinski definition) is 8. The van der Waals surface area contributed by atoms with E-state index in [9.17, 15) is 10.1 Å². The van der Waals surface area contributed by atoms with E-state index in [4.69, 9.17) is 52.3 Å². The van der Waals surface area contributed by atoms with Gasteiger partial charge in [0.05, 0.1) is 13.0 Å². The first-order valence-corrected chi connectivity index (χ1v) is 15.2. The first-order chi connectivity index (χ1) is 22.2. The Morgan fingerprint density at radius 3 is 2.59 bits per heavy atom. The molecule has 0 amide bonds. The van der Waals surface area contributed by atoms with Crippen LogP contribution in [0.5, 0.6) is 23.0 Å². The molecule has 2 heterocycles. The highest BCUT2D eigenvalue weighted by Gasteiger charge is 2.32. The van der Waals surface area contributed by atoms with E-state index in [1.807, 2.05) is 31.2 Å². The summed E-state index contributed by atoms with van der Waals surface area (Å²) in [6.45, 7) is 4.09. The second-order valence-electron chi connectivity index (χ2n) is 10.7. The average molecular weight is 656 g/mol. The summed E-state index contributed by atoms with van der Waals surface area (Å²) in [7, 11) is 1.53. The first-order valence-electron chi connectivity index (χ1n) is 14.4. The molecule has 0 radical (unpaired) electrons. The zero-order valence-corrected chi connectivity index (χ0v) is 26.7. The summed E-state index contributed by atoms with van der Waals surface area (Å²) in [6.07, 6.45) is 0.867. The number of esters is 1. The monoisotopic (exact) mass is 654 g/mol. The van der Waals surface area contributed by atoms with Crippen LogP contribution in [0.15, 0.2) is 88.7 Å². The number of allylic oxidation sites excluding steroid dienone is 1. The topological polar surface area (TPSA) is 117 Å². The molecule has 1 aliphatic rings. The van der Waals surface area contributed by atoms with Crippen molar-refractivity contribution in [3.63, 3.8) is 0 Å². The van der Waals surface area contributed by atoms with E-state index in [0.717, 1.165) is 22.9 Å². The molecule has 8 nitrogen and oxygen atoms in total. The molecular formula is C36H28Cl2N2O6. The van der Waals surface area contributed by atoms with Gasteiger partial charge in [0.1, 0.15) is 35.3 Å². The van der Waals surface area contributed by atoms with Crippen LogP contribution in [-0.4, -0.2) is 13.1 Å². The van der Waals surface area contributed by atoms with Crippen molar-refractivity contribution in [1.82, 2.24) is 0 Å². The summed E-state index contributed by atoms with van der Waals surface area (Å²) >= 11 is 12.3. The number of nitrogens with zero attached hydrogens (tertiary/aromatic N) is 1. The lowest BCUT2D eigenvalue weighted by atomic mass is 9.83. The molecule has 1 atom stereocenters. The fraction of sp³-hybridized carbons (Fsp3) is 0.167. The number of benzene rings is 4. The first kappa shape index (κ1) is 30.9. The predicted molar refractivity (Wildman–Crippen MR) is 175 cm³/mol. The zero-order chi connectivity index (χ0) is 32.5. The van der Waals surface area contributed by atoms with Crippen molar-refractivity contribution in [2.75, 3.05) is 7.11 Å². The van der Waals surface area contributed by atoms with Crippen LogP contribution in [0.4, 0.5) is 0 Å². The molecule has 1 aromatic heterocycles. The third-order valence-electron chi connectivity index (χ3n) is 7.91. The van der Waals surface area contributed by atoms with Gasteiger partial charge in [0, 0.05) is 38.2 Å². The number of halogens is 2. The summed E-state index contributed by atoms with van der Waals surface area (Å²) in [6, 6.07) is 23.5. The molecule has 232 valence electrons. The Hall–Kier alpha value is -5.10. The van der Waals surface area contributed by atoms with E-state index >= 15 is 0 Å². The Balaban J connectivity index is 1.28. The van der Waals surface area contributed by atoms with Gasteiger partial charge in [-0.1, -0.05) is 54.4 Å². The molecule has 0 spiro atoms. The number of nitriles is 1. The number of aryl methyl sites for hydroxylation is 2. The number of carbonyl (C=O) groups is 1. The Bertz CT molecular complexity index is 2080. The summed E-state index contributed by atoms with van der Waals surface area (Å²) in [5.41, 5.74) is 11.0. The van der Waals surface area contributed by atoms with Crippen molar-refractivity contribution >= 4 is 40.1 Å². The van der Waals surface area contributed by atoms with Crippen LogP contribution >= 0.6 is 23.2 Å². The van der Waals surface area contributed by atoms with Crippen molar-refractivity contribution in [3.8, 4) is 29.1 Å². The summed E-state index contributed by atoms with van der Waals surface area (Å²) in [4.78, 5) is 13.2. The lowest BCUT2D eigenvalue weighted by Gasteiger charge is -2.27. The fourth-order valence-electron chi connectivity index (χ4n) is 5.46. The minimum Gasteiger partial charge on any atom is -0.493 e. The van der Waals surface area contributed by atoms with Gasteiger partial charge in [0.15, 0.2) is 11.5 Å². The fourth-order valence-corrected chi connectivity index (χ4v) is 5.92. The van der Waals surface area contributed by atoms with Gasteiger partial charge < -0.3 is 29.1 Å². The molecule has 1 aliphatic heterocycles. The predicted octanol–water partition coefficient (Wildman–Crippen LogP) is 8.64. The molecule has 6 rings (SSSR count). The quantitative estimate of drug-likeness (QED) is 0.130. The molecule has 0 saturated heterocycles. The largest absolute Gasteiger partial charge is 0.493 e. The van der Waals surface area contributed by atoms with Gasteiger partial charge in [0.25, 0.3) is 0 Å². The van der Waals surface area contributed by atoms with Crippen LogP contribution in [0.3, 0.4) is 0 Å². The molecule has 2 N–H and O–H groups in total. The number of furan rings is 1. The van der Waals surface area contributed by atoms with Gasteiger partial charge >= 0.3 is 5.97 Å². The Kier molecular flexibility index (Phi) is 8.55. The van der Waals surface area contributed by atoms with Crippen LogP contribution in [-0.2, 0) is 13.0 Å². The number of fused-ring (bicyclic) bond motifs is 2. The van der Waals surface area contributed by atoms with Crippen LogP contribution in [0.2, 0.25) is 10.0 Å². The number of ether oxygens (including phenoxy) is 4. The Labute approximate surface area is 275 Å². The van der Waals surface area contributed by atoms with Crippen LogP contribution < -0.4 is 24.7 Å². The summed E-state index contributed by atoms with van der Waals surface area (Å²) in [5, 5.41) is 11.9. The highest BCUT2D eigenvalue weighted by Crippen LogP contribution is 2.45. The van der Waals surface area contributed by atoms with Gasteiger partial charge in [0.2, 0.25) is 11.6 Å². The third kappa shape index (κ3) is 5.83. The third-order valence-corrected chi connectivity index (χ3v) is 8.50. The second-order valence-corrected chi connectivity index (χ2v) is 11.5. The Morgan fingerprint density at radius 2 is 1.85 bits per heavy atom. The molecular weight excluding hydrogens is 627 g/mol. The lowest BCUT2D eigenvalue weighted by molar-refractivity contribution is 0.0702. The highest BCUT2D eigenvalue weighted by atomic mass is 35.5. The van der Waals surface area contributed by atoms with E-state index < -0.39 is 11.9 Å². The maximum Gasteiger partial charge on any atom is 0.379 e. The van der Waals surface area contributed by atoms with E-state index in [1.54, 1.807) is 48.5 Å². The van der Waals surface area contributed by atoms with E-state index in [0.29, 0.717) is 49.6 Å². The van der Waals surface area contributed by atoms with Crippen molar-refractivity contribution in [2.45, 2.75) is 32.8 Å². The van der Waals surface area contributed by atoms with Crippen molar-refractivity contribution in [2.24, 2.45) is 5.73 Å². The number of nitrogens with two attached hydrogens (primary N) is 1. The minimum atomic E-state index is -0.638. The summed E-state index contributed by atoms with van der Waals surface area (Å²) < 4.78 is 29.0. The van der Waals surface area contributed by atoms with Crippen LogP contribution in [0, 0.1) is 18.3 Å². The molecule has 1 unspecified atom stereocenters. The normalized spacial score (nSPS) is 14.0. The molecule has 10 heteroatoms. The van der Waals surface area contributed by atoms with E-state index in [2.05, 4.69) is 13.0 Å². The summed E-state index contributed by atoms with van der Waals surface area (Å²) in [5.74, 6) is 0.347. The number of carbonyl (C=O) groups excluding carboxylic acids is 1. The van der Waals surface area contributed by atoms with Crippen LogP contribution in [0.1, 0.15) is 51.2 Å². The van der Waals surface area contributed by atoms with Crippen LogP contribution in [0.25, 0.3) is 11.0 Å². The Morgan fingerprint density at radius 1 is 1.02 bits per heavy atom. The standard InChI is InChI=1S/C36H28Cl2N2O6/c1-4-20-5-11-29-26(13-20)19(2)34(45-29)36(41)44-24-9-10-25-31(16-24)46-35(40)27(17-39)33(25)21-7-12-30(32(14-21)42-3)43-18-22-6-8-23(37)15-28(22)38/h5-16,33H,4,18,40H2,1-3H3.